The van der Waals surface area contributed by atoms with E-state index in [1.54, 1.807) is 0 Å². The van der Waals surface area contributed by atoms with Crippen LogP contribution in [0.4, 0.5) is 17.6 Å². The second-order valence-electron chi connectivity index (χ2n) is 5.28. The number of hydrogen-bond donors (Lipinski definition) is 1. The average Bonchev–Trinajstić information content (AvgIpc) is 2.92. The summed E-state index contributed by atoms with van der Waals surface area (Å²) >= 11 is 0. The number of alkyl halides is 3. The van der Waals surface area contributed by atoms with Gasteiger partial charge >= 0.3 is 6.18 Å². The molecule has 0 heterocycles. The monoisotopic (exact) mass is 305 g/mol. The summed E-state index contributed by atoms with van der Waals surface area (Å²) in [6.07, 6.45) is 0.887. The molecular formula is C15H19F4NO. The minimum Gasteiger partial charge on any atom is -0.494 e. The molecule has 0 bridgehead atoms. The molecule has 1 aromatic rings. The molecule has 6 heteroatoms. The fourth-order valence-corrected chi connectivity index (χ4v) is 2.51. The lowest BCUT2D eigenvalue weighted by atomic mass is 10.2. The average molecular weight is 305 g/mol. The van der Waals surface area contributed by atoms with E-state index in [1.807, 2.05) is 0 Å². The Labute approximate surface area is 121 Å². The van der Waals surface area contributed by atoms with Gasteiger partial charge in [-0.3, -0.25) is 0 Å². The van der Waals surface area contributed by atoms with Gasteiger partial charge in [-0.05, 0) is 44.0 Å². The predicted octanol–water partition coefficient (Wildman–Crippen LogP) is 4.15. The van der Waals surface area contributed by atoms with Gasteiger partial charge in [-0.2, -0.15) is 13.2 Å². The highest BCUT2D eigenvalue weighted by Crippen LogP contribution is 2.33. The highest BCUT2D eigenvalue weighted by atomic mass is 19.4. The van der Waals surface area contributed by atoms with Crippen molar-refractivity contribution in [2.45, 2.75) is 44.3 Å². The maximum absolute atomic E-state index is 13.1. The fourth-order valence-electron chi connectivity index (χ4n) is 2.51. The zero-order chi connectivity index (χ0) is 15.3. The molecule has 2 rings (SSSR count). The molecule has 0 radical (unpaired) electrons. The molecular weight excluding hydrogens is 286 g/mol. The third kappa shape index (κ3) is 4.88. The molecule has 0 saturated heterocycles. The van der Waals surface area contributed by atoms with Crippen molar-refractivity contribution in [3.8, 4) is 5.75 Å². The van der Waals surface area contributed by atoms with Gasteiger partial charge in [0.1, 0.15) is 11.6 Å². The normalized spacial score (nSPS) is 16.4. The molecule has 1 aliphatic carbocycles. The van der Waals surface area contributed by atoms with Crippen LogP contribution < -0.4 is 10.1 Å². The molecule has 0 unspecified atom stereocenters. The molecule has 0 spiro atoms. The zero-order valence-electron chi connectivity index (χ0n) is 11.7. The summed E-state index contributed by atoms with van der Waals surface area (Å²) in [6, 6.07) is 3.27. The van der Waals surface area contributed by atoms with E-state index in [1.165, 1.54) is 31.7 Å². The molecule has 0 amide bonds. The maximum Gasteiger partial charge on any atom is 0.419 e. The number of halogens is 4. The number of nitrogens with one attached hydrogen (secondary N) is 1. The van der Waals surface area contributed by atoms with Crippen LogP contribution in [0.1, 0.15) is 37.7 Å². The lowest BCUT2D eigenvalue weighted by molar-refractivity contribution is -0.140. The summed E-state index contributed by atoms with van der Waals surface area (Å²) < 4.78 is 56.0. The van der Waals surface area contributed by atoms with Gasteiger partial charge in [0.25, 0.3) is 0 Å². The Balaban J connectivity index is 1.75. The highest BCUT2D eigenvalue weighted by Gasteiger charge is 2.34. The van der Waals surface area contributed by atoms with E-state index in [4.69, 9.17) is 4.74 Å². The van der Waals surface area contributed by atoms with Crippen molar-refractivity contribution in [1.29, 1.82) is 0 Å². The van der Waals surface area contributed by atoms with Crippen LogP contribution >= 0.6 is 0 Å². The first-order chi connectivity index (χ1) is 9.97. The molecule has 21 heavy (non-hydrogen) atoms. The Morgan fingerprint density at radius 2 is 1.90 bits per heavy atom. The molecule has 1 saturated carbocycles. The molecule has 1 N–H and O–H groups in total. The summed E-state index contributed by atoms with van der Waals surface area (Å²) in [6.45, 7) is 1.08. The van der Waals surface area contributed by atoms with Gasteiger partial charge < -0.3 is 10.1 Å². The maximum atomic E-state index is 13.1. The fraction of sp³-hybridized carbons (Fsp3) is 0.600. The summed E-state index contributed by atoms with van der Waals surface area (Å²) in [5.41, 5.74) is -1.29. The summed E-state index contributed by atoms with van der Waals surface area (Å²) in [5, 5.41) is 3.39. The minimum absolute atomic E-state index is 0.0459. The zero-order valence-corrected chi connectivity index (χ0v) is 11.7. The van der Waals surface area contributed by atoms with E-state index >= 15 is 0 Å². The van der Waals surface area contributed by atoms with E-state index in [9.17, 15) is 17.6 Å². The van der Waals surface area contributed by atoms with Crippen molar-refractivity contribution < 1.29 is 22.3 Å². The van der Waals surface area contributed by atoms with Gasteiger partial charge in [-0.15, -0.1) is 0 Å². The Morgan fingerprint density at radius 3 is 2.57 bits per heavy atom. The van der Waals surface area contributed by atoms with Gasteiger partial charge in [-0.25, -0.2) is 4.39 Å². The topological polar surface area (TPSA) is 21.3 Å². The molecule has 0 atom stereocenters. The highest BCUT2D eigenvalue weighted by molar-refractivity contribution is 5.31. The summed E-state index contributed by atoms with van der Waals surface area (Å²) in [4.78, 5) is 0. The van der Waals surface area contributed by atoms with Gasteiger partial charge in [-0.1, -0.05) is 12.8 Å². The lowest BCUT2D eigenvalue weighted by Gasteiger charge is -2.13. The smallest absolute Gasteiger partial charge is 0.419 e. The van der Waals surface area contributed by atoms with Crippen molar-refractivity contribution in [3.63, 3.8) is 0 Å². The number of benzene rings is 1. The third-order valence-electron chi connectivity index (χ3n) is 3.62. The predicted molar refractivity (Wildman–Crippen MR) is 71.8 cm³/mol. The molecule has 2 nitrogen and oxygen atoms in total. The van der Waals surface area contributed by atoms with Crippen LogP contribution in [-0.2, 0) is 6.18 Å². The van der Waals surface area contributed by atoms with E-state index in [-0.39, 0.29) is 5.75 Å². The van der Waals surface area contributed by atoms with Gasteiger partial charge in [0.05, 0.1) is 12.2 Å². The van der Waals surface area contributed by atoms with Crippen molar-refractivity contribution in [1.82, 2.24) is 5.32 Å². The first-order valence-electron chi connectivity index (χ1n) is 7.20. The van der Waals surface area contributed by atoms with Crippen LogP contribution in [0.2, 0.25) is 0 Å². The first kappa shape index (κ1) is 16.1. The largest absolute Gasteiger partial charge is 0.494 e. The van der Waals surface area contributed by atoms with E-state index in [2.05, 4.69) is 5.32 Å². The van der Waals surface area contributed by atoms with Crippen LogP contribution in [0.5, 0.6) is 5.75 Å². The Morgan fingerprint density at radius 1 is 1.19 bits per heavy atom. The quantitative estimate of drug-likeness (QED) is 0.630. The van der Waals surface area contributed by atoms with Crippen molar-refractivity contribution in [3.05, 3.63) is 29.6 Å². The summed E-state index contributed by atoms with van der Waals surface area (Å²) in [5.74, 6) is -1.23. The Bertz CT molecular complexity index is 455. The molecule has 118 valence electrons. The number of rotatable bonds is 6. The molecule has 0 aromatic heterocycles. The van der Waals surface area contributed by atoms with Crippen LogP contribution in [0.15, 0.2) is 18.2 Å². The van der Waals surface area contributed by atoms with Crippen LogP contribution in [0.25, 0.3) is 0 Å². The van der Waals surface area contributed by atoms with Crippen LogP contribution in [0, 0.1) is 5.82 Å². The van der Waals surface area contributed by atoms with Gasteiger partial charge in [0.2, 0.25) is 0 Å². The molecule has 1 aromatic carbocycles. The Hall–Kier alpha value is -1.30. The second-order valence-corrected chi connectivity index (χ2v) is 5.28. The second kappa shape index (κ2) is 7.11. The SMILES string of the molecule is Fc1ccc(OCCCNC2CCCC2)cc1C(F)(F)F. The number of ether oxygens (including phenoxy) is 1. The van der Waals surface area contributed by atoms with Crippen LogP contribution in [-0.4, -0.2) is 19.2 Å². The van der Waals surface area contributed by atoms with Gasteiger partial charge in [0, 0.05) is 6.04 Å². The van der Waals surface area contributed by atoms with E-state index < -0.39 is 17.6 Å². The van der Waals surface area contributed by atoms with Crippen LogP contribution in [0.3, 0.4) is 0 Å². The molecule has 1 fully saturated rings. The van der Waals surface area contributed by atoms with Crippen molar-refractivity contribution >= 4 is 0 Å². The lowest BCUT2D eigenvalue weighted by Crippen LogP contribution is -2.27. The van der Waals surface area contributed by atoms with E-state index in [0.717, 1.165) is 12.6 Å². The third-order valence-corrected chi connectivity index (χ3v) is 3.62. The van der Waals surface area contributed by atoms with Crippen molar-refractivity contribution in [2.75, 3.05) is 13.2 Å². The van der Waals surface area contributed by atoms with E-state index in [0.29, 0.717) is 25.1 Å². The van der Waals surface area contributed by atoms with Gasteiger partial charge in [0.15, 0.2) is 0 Å². The summed E-state index contributed by atoms with van der Waals surface area (Å²) in [7, 11) is 0. The number of hydrogen-bond acceptors (Lipinski definition) is 2. The molecule has 1 aliphatic rings. The standard InChI is InChI=1S/C15H19F4NO/c16-14-7-6-12(10-13(14)15(17,18)19)21-9-3-8-20-11-4-1-2-5-11/h6-7,10-11,20H,1-5,8-9H2. The first-order valence-corrected chi connectivity index (χ1v) is 7.20. The van der Waals surface area contributed by atoms with Crippen molar-refractivity contribution in [2.24, 2.45) is 0 Å². The minimum atomic E-state index is -4.70. The Kier molecular flexibility index (Phi) is 5.45. The molecule has 0 aliphatic heterocycles.